The van der Waals surface area contributed by atoms with E-state index in [4.69, 9.17) is 9.47 Å². The maximum atomic E-state index is 13.7. The first-order valence-corrected chi connectivity index (χ1v) is 13.3. The van der Waals surface area contributed by atoms with Crippen LogP contribution < -0.4 is 15.6 Å². The van der Waals surface area contributed by atoms with Crippen LogP contribution in [0, 0.1) is 5.92 Å². The van der Waals surface area contributed by atoms with Gasteiger partial charge in [0.05, 0.1) is 12.7 Å². The lowest BCUT2D eigenvalue weighted by atomic mass is 9.81. The number of rotatable bonds is 9. The van der Waals surface area contributed by atoms with Gasteiger partial charge in [-0.05, 0) is 65.8 Å². The highest BCUT2D eigenvalue weighted by atomic mass is 32.1. The summed E-state index contributed by atoms with van der Waals surface area (Å²) >= 11 is 1.71. The van der Waals surface area contributed by atoms with Crippen LogP contribution >= 0.6 is 11.3 Å². The van der Waals surface area contributed by atoms with E-state index in [1.165, 1.54) is 18.4 Å². The van der Waals surface area contributed by atoms with E-state index in [-0.39, 0.29) is 18.1 Å². The number of hydrogen-bond donors (Lipinski definition) is 2. The maximum Gasteiger partial charge on any atom is 0.241 e. The van der Waals surface area contributed by atoms with Crippen molar-refractivity contribution in [1.82, 2.24) is 15.8 Å². The Morgan fingerprint density at radius 3 is 2.91 bits per heavy atom. The van der Waals surface area contributed by atoms with Crippen molar-refractivity contribution in [3.63, 3.8) is 0 Å². The summed E-state index contributed by atoms with van der Waals surface area (Å²) in [4.78, 5) is 15.7. The number of thiophene rings is 1. The molecule has 4 unspecified atom stereocenters. The molecule has 2 saturated heterocycles. The summed E-state index contributed by atoms with van der Waals surface area (Å²) in [5.41, 5.74) is 9.14. The lowest BCUT2D eigenvalue weighted by Crippen LogP contribution is -2.49. The van der Waals surface area contributed by atoms with Crippen molar-refractivity contribution in [3.8, 4) is 5.75 Å². The number of nitrogens with one attached hydrogen (secondary N) is 2. The molecule has 178 valence electrons. The monoisotopic (exact) mass is 469 g/mol. The first kappa shape index (κ1) is 22.8. The molecule has 1 aliphatic carbocycles. The molecule has 1 aromatic heterocycles. The van der Waals surface area contributed by atoms with Crippen LogP contribution in [0.3, 0.4) is 0 Å². The number of fused-ring (bicyclic) bond motifs is 1. The van der Waals surface area contributed by atoms with Gasteiger partial charge in [-0.3, -0.25) is 10.2 Å². The maximum absolute atomic E-state index is 13.7. The van der Waals surface area contributed by atoms with Crippen LogP contribution in [0.25, 0.3) is 0 Å². The van der Waals surface area contributed by atoms with Crippen LogP contribution in [0.15, 0.2) is 41.1 Å². The van der Waals surface area contributed by atoms with E-state index in [0.29, 0.717) is 31.7 Å². The van der Waals surface area contributed by atoms with Gasteiger partial charge >= 0.3 is 0 Å². The molecule has 2 N–H and O–H groups in total. The van der Waals surface area contributed by atoms with E-state index in [1.54, 1.807) is 11.3 Å². The Bertz CT molecular complexity index is 900. The van der Waals surface area contributed by atoms with Crippen molar-refractivity contribution < 1.29 is 14.3 Å². The average Bonchev–Trinajstić information content (AvgIpc) is 3.61. The minimum atomic E-state index is -0.151. The van der Waals surface area contributed by atoms with Gasteiger partial charge in [-0.15, -0.1) is 0 Å². The normalized spacial score (nSPS) is 26.8. The minimum Gasteiger partial charge on any atom is -0.493 e. The van der Waals surface area contributed by atoms with Gasteiger partial charge in [-0.1, -0.05) is 25.0 Å². The van der Waals surface area contributed by atoms with Crippen molar-refractivity contribution in [2.24, 2.45) is 5.92 Å². The highest BCUT2D eigenvalue weighted by Crippen LogP contribution is 2.31. The summed E-state index contributed by atoms with van der Waals surface area (Å²) in [6.45, 7) is 2.68. The Balaban J connectivity index is 1.25. The molecular formula is C26H35N3O3S. The highest BCUT2D eigenvalue weighted by Gasteiger charge is 2.43. The molecule has 3 aliphatic rings. The Morgan fingerprint density at radius 2 is 2.06 bits per heavy atom. The fourth-order valence-electron chi connectivity index (χ4n) is 5.43. The molecule has 5 rings (SSSR count). The van der Waals surface area contributed by atoms with Crippen molar-refractivity contribution in [2.45, 2.75) is 69.7 Å². The van der Waals surface area contributed by atoms with Crippen molar-refractivity contribution >= 4 is 17.2 Å². The van der Waals surface area contributed by atoms with Crippen LogP contribution in [0.5, 0.6) is 5.75 Å². The van der Waals surface area contributed by atoms with Gasteiger partial charge in [0.2, 0.25) is 5.91 Å². The van der Waals surface area contributed by atoms with Gasteiger partial charge in [0.1, 0.15) is 11.8 Å². The summed E-state index contributed by atoms with van der Waals surface area (Å²) in [5.74, 6) is 1.43. The van der Waals surface area contributed by atoms with Crippen molar-refractivity contribution in [3.05, 3.63) is 52.2 Å². The second-order valence-electron chi connectivity index (χ2n) is 9.55. The van der Waals surface area contributed by atoms with Crippen molar-refractivity contribution in [1.29, 1.82) is 0 Å². The second-order valence-corrected chi connectivity index (χ2v) is 10.3. The highest BCUT2D eigenvalue weighted by molar-refractivity contribution is 7.07. The van der Waals surface area contributed by atoms with Gasteiger partial charge in [0, 0.05) is 38.1 Å². The number of carbonyl (C=O) groups excluding carboxylic acids is 1. The number of ether oxygens (including phenoxy) is 2. The molecule has 2 aliphatic heterocycles. The third-order valence-electron chi connectivity index (χ3n) is 7.21. The first-order chi connectivity index (χ1) is 16.3. The van der Waals surface area contributed by atoms with Gasteiger partial charge in [-0.2, -0.15) is 11.3 Å². The molecule has 1 amide bonds. The number of nitrogens with zero attached hydrogens (tertiary/aromatic N) is 1. The molecule has 4 atom stereocenters. The largest absolute Gasteiger partial charge is 0.493 e. The van der Waals surface area contributed by atoms with Crippen LogP contribution in [-0.2, 0) is 22.5 Å². The van der Waals surface area contributed by atoms with Crippen LogP contribution in [0.4, 0.5) is 0 Å². The van der Waals surface area contributed by atoms with Crippen LogP contribution in [0.1, 0.15) is 49.7 Å². The summed E-state index contributed by atoms with van der Waals surface area (Å²) in [6, 6.07) is 10.6. The van der Waals surface area contributed by atoms with Crippen molar-refractivity contribution in [2.75, 3.05) is 19.8 Å². The average molecular weight is 470 g/mol. The molecule has 33 heavy (non-hydrogen) atoms. The minimum absolute atomic E-state index is 0.135. The zero-order valence-corrected chi connectivity index (χ0v) is 20.0. The Kier molecular flexibility index (Phi) is 7.61. The van der Waals surface area contributed by atoms with Crippen LogP contribution in [-0.4, -0.2) is 48.8 Å². The molecule has 3 heterocycles. The third-order valence-corrected chi connectivity index (χ3v) is 7.94. The summed E-state index contributed by atoms with van der Waals surface area (Å²) in [6.07, 6.45) is 7.86. The molecule has 3 fully saturated rings. The van der Waals surface area contributed by atoms with E-state index in [9.17, 15) is 4.79 Å². The van der Waals surface area contributed by atoms with E-state index in [1.807, 2.05) is 17.0 Å². The third kappa shape index (κ3) is 5.77. The predicted molar refractivity (Wildman–Crippen MR) is 130 cm³/mol. The quantitative estimate of drug-likeness (QED) is 0.583. The number of hydrogen-bond acceptors (Lipinski definition) is 6. The summed E-state index contributed by atoms with van der Waals surface area (Å²) in [7, 11) is 0. The number of amides is 1. The molecule has 1 saturated carbocycles. The Labute approximate surface area is 200 Å². The molecular weight excluding hydrogens is 434 g/mol. The SMILES string of the molecule is O=C(C1NNC2CCCCC21)N(Cc1cccc(OCCc2ccsc2)c1)CC1CCCO1. The molecule has 1 aromatic carbocycles. The number of hydrazine groups is 1. The second kappa shape index (κ2) is 11.0. The first-order valence-electron chi connectivity index (χ1n) is 12.4. The smallest absolute Gasteiger partial charge is 0.241 e. The van der Waals surface area contributed by atoms with Gasteiger partial charge < -0.3 is 14.4 Å². The number of carbonyl (C=O) groups is 1. The van der Waals surface area contributed by atoms with Gasteiger partial charge in [0.25, 0.3) is 0 Å². The summed E-state index contributed by atoms with van der Waals surface area (Å²) in [5, 5.41) is 4.26. The molecule has 6 nitrogen and oxygen atoms in total. The van der Waals surface area contributed by atoms with E-state index in [0.717, 1.165) is 50.0 Å². The Morgan fingerprint density at radius 1 is 1.12 bits per heavy atom. The van der Waals surface area contributed by atoms with E-state index < -0.39 is 0 Å². The molecule has 0 radical (unpaired) electrons. The van der Waals surface area contributed by atoms with Gasteiger partial charge in [-0.25, -0.2) is 5.43 Å². The van der Waals surface area contributed by atoms with E-state index >= 15 is 0 Å². The Hall–Kier alpha value is -1.93. The lowest BCUT2D eigenvalue weighted by molar-refractivity contribution is -0.136. The van der Waals surface area contributed by atoms with E-state index in [2.05, 4.69) is 39.8 Å². The standard InChI is InChI=1S/C26H35N3O3S/c30-26(25-23-8-1-2-9-24(23)27-28-25)29(17-22-7-4-12-31-22)16-20-5-3-6-21(15-20)32-13-10-19-11-14-33-18-19/h3,5-6,11,14-15,18,22-25,27-28H,1-2,4,7-10,12-13,16-17H2. The molecule has 7 heteroatoms. The lowest BCUT2D eigenvalue weighted by Gasteiger charge is -2.32. The summed E-state index contributed by atoms with van der Waals surface area (Å²) < 4.78 is 11.9. The molecule has 0 spiro atoms. The van der Waals surface area contributed by atoms with Crippen LogP contribution in [0.2, 0.25) is 0 Å². The molecule has 0 bridgehead atoms. The topological polar surface area (TPSA) is 62.8 Å². The zero-order chi connectivity index (χ0) is 22.5. The zero-order valence-electron chi connectivity index (χ0n) is 19.2. The fourth-order valence-corrected chi connectivity index (χ4v) is 6.13. The molecule has 2 aromatic rings. The number of benzene rings is 1. The van der Waals surface area contributed by atoms with Gasteiger partial charge in [0.15, 0.2) is 0 Å². The fraction of sp³-hybridized carbons (Fsp3) is 0.577. The predicted octanol–water partition coefficient (Wildman–Crippen LogP) is 3.91.